The molecule has 2 aromatic heterocycles. The maximum atomic E-state index is 12.1. The molecule has 0 bridgehead atoms. The number of hydrogen-bond donors (Lipinski definition) is 2. The molecule has 1 fully saturated rings. The highest BCUT2D eigenvalue weighted by Gasteiger charge is 2.15. The summed E-state index contributed by atoms with van der Waals surface area (Å²) in [7, 11) is 0. The van der Waals surface area contributed by atoms with Crippen LogP contribution in [-0.2, 0) is 4.79 Å². The standard InChI is InChI=1S/C21H24N4OS/c1-14-7-9-17-18(11-14)25-21(24-17)15-8-10-20(22-12-15)27-13-19(26)23-16-5-3-2-4-6-16/h7-12,16H,2-6,13H2,1H3,(H,23,26)(H,24,25). The zero-order chi connectivity index (χ0) is 18.6. The second-order valence-corrected chi connectivity index (χ2v) is 8.18. The third kappa shape index (κ3) is 4.50. The van der Waals surface area contributed by atoms with E-state index in [-0.39, 0.29) is 5.91 Å². The van der Waals surface area contributed by atoms with Crippen LogP contribution in [-0.4, -0.2) is 32.7 Å². The average Bonchev–Trinajstić information content (AvgIpc) is 3.11. The number of carbonyl (C=O) groups excluding carboxylic acids is 1. The van der Waals surface area contributed by atoms with Gasteiger partial charge < -0.3 is 10.3 Å². The van der Waals surface area contributed by atoms with Gasteiger partial charge in [-0.05, 0) is 49.6 Å². The molecule has 0 aliphatic heterocycles. The maximum absolute atomic E-state index is 12.1. The summed E-state index contributed by atoms with van der Waals surface area (Å²) in [5.74, 6) is 1.33. The fourth-order valence-corrected chi connectivity index (χ4v) is 4.18. The Morgan fingerprint density at radius 3 is 2.85 bits per heavy atom. The van der Waals surface area contributed by atoms with E-state index in [2.05, 4.69) is 39.3 Å². The SMILES string of the molecule is Cc1ccc2nc(-c3ccc(SCC(=O)NC4CCCCC4)nc3)[nH]c2c1. The third-order valence-corrected chi connectivity index (χ3v) is 5.91. The molecule has 0 radical (unpaired) electrons. The molecule has 27 heavy (non-hydrogen) atoms. The number of rotatable bonds is 5. The molecule has 0 spiro atoms. The highest BCUT2D eigenvalue weighted by molar-refractivity contribution is 7.99. The van der Waals surface area contributed by atoms with Crippen molar-refractivity contribution in [2.75, 3.05) is 5.75 Å². The summed E-state index contributed by atoms with van der Waals surface area (Å²) >= 11 is 1.47. The normalized spacial score (nSPS) is 15.1. The summed E-state index contributed by atoms with van der Waals surface area (Å²) in [6.45, 7) is 2.07. The third-order valence-electron chi connectivity index (χ3n) is 4.97. The first-order valence-corrected chi connectivity index (χ1v) is 10.5. The van der Waals surface area contributed by atoms with Gasteiger partial charge in [-0.1, -0.05) is 37.1 Å². The van der Waals surface area contributed by atoms with Gasteiger partial charge >= 0.3 is 0 Å². The van der Waals surface area contributed by atoms with E-state index in [4.69, 9.17) is 0 Å². The molecule has 3 aromatic rings. The molecule has 1 aliphatic rings. The Labute approximate surface area is 163 Å². The monoisotopic (exact) mass is 380 g/mol. The number of aromatic nitrogens is 3. The van der Waals surface area contributed by atoms with Gasteiger partial charge in [-0.15, -0.1) is 0 Å². The molecule has 140 valence electrons. The second kappa shape index (κ2) is 8.13. The molecule has 0 atom stereocenters. The predicted octanol–water partition coefficient (Wildman–Crippen LogP) is 4.47. The highest BCUT2D eigenvalue weighted by atomic mass is 32.2. The molecule has 2 N–H and O–H groups in total. The number of H-pyrrole nitrogens is 1. The van der Waals surface area contributed by atoms with Gasteiger partial charge in [-0.2, -0.15) is 0 Å². The first-order chi connectivity index (χ1) is 13.2. The Morgan fingerprint density at radius 2 is 2.07 bits per heavy atom. The number of nitrogens with zero attached hydrogens (tertiary/aromatic N) is 2. The van der Waals surface area contributed by atoms with Gasteiger partial charge in [-0.25, -0.2) is 9.97 Å². The van der Waals surface area contributed by atoms with Crippen molar-refractivity contribution in [2.45, 2.75) is 50.1 Å². The number of carbonyl (C=O) groups is 1. The van der Waals surface area contributed by atoms with Gasteiger partial charge in [0.15, 0.2) is 0 Å². The Kier molecular flexibility index (Phi) is 5.43. The van der Waals surface area contributed by atoms with Crippen LogP contribution in [0.25, 0.3) is 22.4 Å². The summed E-state index contributed by atoms with van der Waals surface area (Å²) in [5.41, 5.74) is 4.13. The van der Waals surface area contributed by atoms with E-state index in [0.717, 1.165) is 40.3 Å². The molecular formula is C21H24N4OS. The fraction of sp³-hybridized carbons (Fsp3) is 0.381. The number of aryl methyl sites for hydroxylation is 1. The van der Waals surface area contributed by atoms with E-state index in [0.29, 0.717) is 11.8 Å². The molecule has 0 saturated heterocycles. The lowest BCUT2D eigenvalue weighted by molar-refractivity contribution is -0.119. The quantitative estimate of drug-likeness (QED) is 0.641. The van der Waals surface area contributed by atoms with Crippen LogP contribution in [0.1, 0.15) is 37.7 Å². The van der Waals surface area contributed by atoms with E-state index >= 15 is 0 Å². The molecule has 5 nitrogen and oxygen atoms in total. The van der Waals surface area contributed by atoms with Gasteiger partial charge in [0.25, 0.3) is 0 Å². The van der Waals surface area contributed by atoms with E-state index in [1.807, 2.05) is 24.4 Å². The van der Waals surface area contributed by atoms with Crippen LogP contribution in [0.4, 0.5) is 0 Å². The van der Waals surface area contributed by atoms with Crippen molar-refractivity contribution in [3.63, 3.8) is 0 Å². The van der Waals surface area contributed by atoms with E-state index in [9.17, 15) is 4.79 Å². The minimum Gasteiger partial charge on any atom is -0.353 e. The summed E-state index contributed by atoms with van der Waals surface area (Å²) in [6.07, 6.45) is 7.78. The number of thioether (sulfide) groups is 1. The lowest BCUT2D eigenvalue weighted by Crippen LogP contribution is -2.37. The highest BCUT2D eigenvalue weighted by Crippen LogP contribution is 2.23. The minimum absolute atomic E-state index is 0.102. The summed E-state index contributed by atoms with van der Waals surface area (Å²) in [6, 6.07) is 10.5. The van der Waals surface area contributed by atoms with Gasteiger partial charge in [0, 0.05) is 17.8 Å². The Hall–Kier alpha value is -2.34. The lowest BCUT2D eigenvalue weighted by Gasteiger charge is -2.22. The number of pyridine rings is 1. The van der Waals surface area contributed by atoms with Crippen molar-refractivity contribution in [1.82, 2.24) is 20.3 Å². The molecule has 1 aromatic carbocycles. The van der Waals surface area contributed by atoms with Gasteiger partial charge in [0.2, 0.25) is 5.91 Å². The number of hydrogen-bond acceptors (Lipinski definition) is 4. The lowest BCUT2D eigenvalue weighted by atomic mass is 9.95. The smallest absolute Gasteiger partial charge is 0.230 e. The zero-order valence-corrected chi connectivity index (χ0v) is 16.3. The maximum Gasteiger partial charge on any atom is 0.230 e. The van der Waals surface area contributed by atoms with Crippen LogP contribution in [0.5, 0.6) is 0 Å². The Balaban J connectivity index is 1.36. The Morgan fingerprint density at radius 1 is 1.22 bits per heavy atom. The van der Waals surface area contributed by atoms with Crippen LogP contribution < -0.4 is 5.32 Å². The van der Waals surface area contributed by atoms with Crippen molar-refractivity contribution < 1.29 is 4.79 Å². The average molecular weight is 381 g/mol. The van der Waals surface area contributed by atoms with Crippen LogP contribution in [0.15, 0.2) is 41.6 Å². The molecular weight excluding hydrogens is 356 g/mol. The first-order valence-electron chi connectivity index (χ1n) is 9.52. The van der Waals surface area contributed by atoms with Gasteiger partial charge in [0.1, 0.15) is 5.82 Å². The number of fused-ring (bicyclic) bond motifs is 1. The summed E-state index contributed by atoms with van der Waals surface area (Å²) in [4.78, 5) is 24.6. The van der Waals surface area contributed by atoms with Crippen molar-refractivity contribution >= 4 is 28.7 Å². The number of benzene rings is 1. The molecule has 4 rings (SSSR count). The summed E-state index contributed by atoms with van der Waals surface area (Å²) < 4.78 is 0. The number of aromatic amines is 1. The zero-order valence-electron chi connectivity index (χ0n) is 15.5. The topological polar surface area (TPSA) is 70.7 Å². The van der Waals surface area contributed by atoms with Crippen LogP contribution in [0, 0.1) is 6.92 Å². The predicted molar refractivity (Wildman–Crippen MR) is 110 cm³/mol. The van der Waals surface area contributed by atoms with E-state index < -0.39 is 0 Å². The fourth-order valence-electron chi connectivity index (χ4n) is 3.52. The molecule has 6 heteroatoms. The van der Waals surface area contributed by atoms with Crippen LogP contribution in [0.2, 0.25) is 0 Å². The number of nitrogens with one attached hydrogen (secondary N) is 2. The largest absolute Gasteiger partial charge is 0.353 e. The van der Waals surface area contributed by atoms with Crippen molar-refractivity contribution in [3.05, 3.63) is 42.1 Å². The molecule has 1 saturated carbocycles. The minimum atomic E-state index is 0.102. The molecule has 0 unspecified atom stereocenters. The van der Waals surface area contributed by atoms with E-state index in [1.165, 1.54) is 36.6 Å². The molecule has 1 aliphatic carbocycles. The van der Waals surface area contributed by atoms with Gasteiger partial charge in [-0.3, -0.25) is 4.79 Å². The summed E-state index contributed by atoms with van der Waals surface area (Å²) in [5, 5.41) is 3.99. The van der Waals surface area contributed by atoms with Crippen molar-refractivity contribution in [2.24, 2.45) is 0 Å². The van der Waals surface area contributed by atoms with Crippen LogP contribution >= 0.6 is 11.8 Å². The molecule has 1 amide bonds. The number of imidazole rings is 1. The first kappa shape index (κ1) is 18.0. The van der Waals surface area contributed by atoms with Crippen molar-refractivity contribution in [1.29, 1.82) is 0 Å². The second-order valence-electron chi connectivity index (χ2n) is 7.18. The number of amides is 1. The van der Waals surface area contributed by atoms with E-state index in [1.54, 1.807) is 0 Å². The Bertz CT molecular complexity index is 929. The molecule has 2 heterocycles. The van der Waals surface area contributed by atoms with Gasteiger partial charge in [0.05, 0.1) is 21.8 Å². The van der Waals surface area contributed by atoms with Crippen molar-refractivity contribution in [3.8, 4) is 11.4 Å². The van der Waals surface area contributed by atoms with Crippen LogP contribution in [0.3, 0.4) is 0 Å².